The van der Waals surface area contributed by atoms with Crippen molar-refractivity contribution in [1.82, 2.24) is 10.2 Å². The first kappa shape index (κ1) is 17.7. The lowest BCUT2D eigenvalue weighted by molar-refractivity contribution is -0.137. The first-order valence-electron chi connectivity index (χ1n) is 7.15. The van der Waals surface area contributed by atoms with E-state index in [0.717, 1.165) is 12.1 Å². The molecule has 3 aromatic rings. The van der Waals surface area contributed by atoms with E-state index in [0.29, 0.717) is 0 Å². The fourth-order valence-electron chi connectivity index (χ4n) is 2.02. The molecule has 0 radical (unpaired) electrons. The summed E-state index contributed by atoms with van der Waals surface area (Å²) in [6.07, 6.45) is -3.21. The van der Waals surface area contributed by atoms with Crippen LogP contribution in [0.4, 0.5) is 30.5 Å². The van der Waals surface area contributed by atoms with Gasteiger partial charge in [-0.2, -0.15) is 13.2 Å². The average molecular weight is 383 g/mol. The maximum absolute atomic E-state index is 12.9. The lowest BCUT2D eigenvalue weighted by Gasteiger charge is -2.12. The molecule has 2 aromatic heterocycles. The van der Waals surface area contributed by atoms with E-state index in [2.05, 4.69) is 20.8 Å². The molecular weight excluding hydrogens is 373 g/mol. The van der Waals surface area contributed by atoms with Crippen molar-refractivity contribution < 1.29 is 22.4 Å². The van der Waals surface area contributed by atoms with Gasteiger partial charge in [0.25, 0.3) is 5.91 Å². The molecule has 0 aliphatic rings. The number of benzene rings is 1. The van der Waals surface area contributed by atoms with Crippen LogP contribution in [0.15, 0.2) is 53.1 Å². The molecule has 0 unspecified atom stereocenters. The van der Waals surface area contributed by atoms with Gasteiger partial charge in [0, 0.05) is 5.69 Å². The Bertz CT molecular complexity index is 912. The molecular formula is C16H10ClF3N4O2. The highest BCUT2D eigenvalue weighted by Gasteiger charge is 2.33. The maximum atomic E-state index is 12.9. The Hall–Kier alpha value is -3.07. The average Bonchev–Trinajstić information content (AvgIpc) is 3.12. The first-order valence-corrected chi connectivity index (χ1v) is 7.53. The molecule has 0 saturated carbocycles. The molecule has 2 heterocycles. The van der Waals surface area contributed by atoms with Gasteiger partial charge in [-0.05, 0) is 42.5 Å². The van der Waals surface area contributed by atoms with E-state index >= 15 is 0 Å². The predicted molar refractivity (Wildman–Crippen MR) is 88.4 cm³/mol. The molecule has 6 nitrogen and oxygen atoms in total. The van der Waals surface area contributed by atoms with Crippen molar-refractivity contribution in [3.8, 4) is 0 Å². The van der Waals surface area contributed by atoms with E-state index in [9.17, 15) is 18.0 Å². The van der Waals surface area contributed by atoms with Crippen molar-refractivity contribution in [2.45, 2.75) is 6.18 Å². The van der Waals surface area contributed by atoms with Crippen molar-refractivity contribution in [2.75, 3.05) is 10.6 Å². The van der Waals surface area contributed by atoms with Gasteiger partial charge >= 0.3 is 6.18 Å². The number of rotatable bonds is 4. The fourth-order valence-corrected chi connectivity index (χ4v) is 2.24. The quantitative estimate of drug-likeness (QED) is 0.681. The molecule has 10 heteroatoms. The van der Waals surface area contributed by atoms with Crippen molar-refractivity contribution in [3.63, 3.8) is 0 Å². The summed E-state index contributed by atoms with van der Waals surface area (Å²) in [5.41, 5.74) is -0.817. The van der Waals surface area contributed by atoms with Crippen LogP contribution in [-0.2, 0) is 6.18 Å². The number of aromatic nitrogens is 2. The standard InChI is InChI=1S/C16H10ClF3N4O2/c17-11-4-3-9(8-10(11)16(18,19)20)21-13-5-6-14(24-23-13)22-15(25)12-2-1-7-26-12/h1-8H,(H,21,23)(H,22,24,25). The number of carbonyl (C=O) groups excluding carboxylic acids is 1. The summed E-state index contributed by atoms with van der Waals surface area (Å²) in [6.45, 7) is 0. The van der Waals surface area contributed by atoms with Crippen LogP contribution in [0.25, 0.3) is 0 Å². The third-order valence-corrected chi connectivity index (χ3v) is 3.52. The number of amides is 1. The van der Waals surface area contributed by atoms with Crippen LogP contribution in [-0.4, -0.2) is 16.1 Å². The second-order valence-corrected chi connectivity index (χ2v) is 5.46. The van der Waals surface area contributed by atoms with Gasteiger partial charge in [-0.15, -0.1) is 10.2 Å². The molecule has 2 N–H and O–H groups in total. The van der Waals surface area contributed by atoms with Crippen molar-refractivity contribution in [2.24, 2.45) is 0 Å². The van der Waals surface area contributed by atoms with Crippen molar-refractivity contribution >= 4 is 34.8 Å². The molecule has 134 valence electrons. The number of carbonyl (C=O) groups is 1. The number of alkyl halides is 3. The molecule has 0 saturated heterocycles. The Morgan fingerprint density at radius 1 is 1.08 bits per heavy atom. The fraction of sp³-hybridized carbons (Fsp3) is 0.0625. The molecule has 3 rings (SSSR count). The summed E-state index contributed by atoms with van der Waals surface area (Å²) in [4.78, 5) is 11.8. The van der Waals surface area contributed by atoms with E-state index in [1.165, 1.54) is 30.5 Å². The molecule has 0 fully saturated rings. The summed E-state index contributed by atoms with van der Waals surface area (Å²) >= 11 is 5.57. The summed E-state index contributed by atoms with van der Waals surface area (Å²) in [6, 6.07) is 9.33. The highest BCUT2D eigenvalue weighted by Crippen LogP contribution is 2.36. The molecule has 26 heavy (non-hydrogen) atoms. The number of nitrogens with zero attached hydrogens (tertiary/aromatic N) is 2. The molecule has 0 spiro atoms. The monoisotopic (exact) mass is 382 g/mol. The van der Waals surface area contributed by atoms with E-state index in [4.69, 9.17) is 16.0 Å². The number of hydrogen-bond acceptors (Lipinski definition) is 5. The first-order chi connectivity index (χ1) is 12.3. The van der Waals surface area contributed by atoms with Crippen LogP contribution in [0, 0.1) is 0 Å². The van der Waals surface area contributed by atoms with Crippen LogP contribution in [0.5, 0.6) is 0 Å². The SMILES string of the molecule is O=C(Nc1ccc(Nc2ccc(Cl)c(C(F)(F)F)c2)nn1)c1ccco1. The molecule has 0 aliphatic carbocycles. The summed E-state index contributed by atoms with van der Waals surface area (Å²) in [7, 11) is 0. The van der Waals surface area contributed by atoms with Crippen LogP contribution < -0.4 is 10.6 Å². The third kappa shape index (κ3) is 4.12. The summed E-state index contributed by atoms with van der Waals surface area (Å²) in [5, 5.41) is 12.3. The normalized spacial score (nSPS) is 11.2. The topological polar surface area (TPSA) is 80.0 Å². The van der Waals surface area contributed by atoms with E-state index in [1.54, 1.807) is 6.07 Å². The zero-order valence-corrected chi connectivity index (χ0v) is 13.6. The van der Waals surface area contributed by atoms with E-state index in [-0.39, 0.29) is 23.1 Å². The Labute approximate surface area is 150 Å². The lowest BCUT2D eigenvalue weighted by atomic mass is 10.2. The Morgan fingerprint density at radius 2 is 1.81 bits per heavy atom. The van der Waals surface area contributed by atoms with Crippen LogP contribution in [0.1, 0.15) is 16.1 Å². The second-order valence-electron chi connectivity index (χ2n) is 5.05. The van der Waals surface area contributed by atoms with Gasteiger partial charge in [-0.25, -0.2) is 0 Å². The van der Waals surface area contributed by atoms with Gasteiger partial charge in [0.1, 0.15) is 0 Å². The zero-order chi connectivity index (χ0) is 18.7. The smallest absolute Gasteiger partial charge is 0.417 e. The molecule has 0 aliphatic heterocycles. The molecule has 0 bridgehead atoms. The molecule has 0 atom stereocenters. The van der Waals surface area contributed by atoms with Gasteiger partial charge in [0.15, 0.2) is 17.4 Å². The van der Waals surface area contributed by atoms with Gasteiger partial charge in [0.2, 0.25) is 0 Å². The number of anilines is 3. The predicted octanol–water partition coefficient (Wildman–Crippen LogP) is 4.74. The van der Waals surface area contributed by atoms with Crippen LogP contribution >= 0.6 is 11.6 Å². The Balaban J connectivity index is 1.71. The Morgan fingerprint density at radius 3 is 2.42 bits per heavy atom. The summed E-state index contributed by atoms with van der Waals surface area (Å²) in [5.74, 6) is -0.0483. The van der Waals surface area contributed by atoms with E-state index < -0.39 is 22.7 Å². The van der Waals surface area contributed by atoms with Gasteiger partial charge in [-0.1, -0.05) is 11.6 Å². The minimum Gasteiger partial charge on any atom is -0.459 e. The van der Waals surface area contributed by atoms with Crippen molar-refractivity contribution in [1.29, 1.82) is 0 Å². The number of furan rings is 1. The van der Waals surface area contributed by atoms with Crippen LogP contribution in [0.3, 0.4) is 0 Å². The number of hydrogen-bond donors (Lipinski definition) is 2. The largest absolute Gasteiger partial charge is 0.459 e. The van der Waals surface area contributed by atoms with Crippen LogP contribution in [0.2, 0.25) is 5.02 Å². The second kappa shape index (κ2) is 7.04. The highest BCUT2D eigenvalue weighted by atomic mass is 35.5. The minimum absolute atomic E-state index is 0.106. The summed E-state index contributed by atoms with van der Waals surface area (Å²) < 4.78 is 43.6. The van der Waals surface area contributed by atoms with Gasteiger partial charge in [-0.3, -0.25) is 4.79 Å². The number of nitrogens with one attached hydrogen (secondary N) is 2. The highest BCUT2D eigenvalue weighted by molar-refractivity contribution is 6.31. The number of halogens is 4. The third-order valence-electron chi connectivity index (χ3n) is 3.20. The zero-order valence-electron chi connectivity index (χ0n) is 12.8. The minimum atomic E-state index is -4.57. The van der Waals surface area contributed by atoms with Crippen molar-refractivity contribution in [3.05, 3.63) is 65.1 Å². The molecule has 1 amide bonds. The van der Waals surface area contributed by atoms with Gasteiger partial charge < -0.3 is 15.1 Å². The van der Waals surface area contributed by atoms with Gasteiger partial charge in [0.05, 0.1) is 16.8 Å². The Kier molecular flexibility index (Phi) is 4.81. The van der Waals surface area contributed by atoms with E-state index in [1.807, 2.05) is 0 Å². The lowest BCUT2D eigenvalue weighted by Crippen LogP contribution is -2.12. The molecule has 1 aromatic carbocycles. The maximum Gasteiger partial charge on any atom is 0.417 e.